The van der Waals surface area contributed by atoms with Crippen LogP contribution in [0.1, 0.15) is 48.7 Å². The van der Waals surface area contributed by atoms with Crippen molar-refractivity contribution in [3.05, 3.63) is 23.0 Å². The summed E-state index contributed by atoms with van der Waals surface area (Å²) in [6.45, 7) is 0. The standard InChI is InChI=1S/C13H20N2O2/c1-17-13(16)7-6-10(14)12-8-9-4-2-3-5-11(9)15-12/h8,10,15H,2-7,14H2,1H3. The van der Waals surface area contributed by atoms with E-state index in [4.69, 9.17) is 5.73 Å². The minimum absolute atomic E-state index is 0.0975. The molecule has 0 radical (unpaired) electrons. The number of nitrogens with two attached hydrogens (primary N) is 1. The van der Waals surface area contributed by atoms with Crippen LogP contribution >= 0.6 is 0 Å². The Bertz CT molecular complexity index is 375. The van der Waals surface area contributed by atoms with E-state index in [9.17, 15) is 4.79 Å². The Hall–Kier alpha value is -1.29. The minimum Gasteiger partial charge on any atom is -0.469 e. The molecule has 0 aromatic carbocycles. The zero-order valence-corrected chi connectivity index (χ0v) is 10.3. The lowest BCUT2D eigenvalue weighted by Crippen LogP contribution is -2.13. The molecule has 1 aromatic heterocycles. The van der Waals surface area contributed by atoms with Gasteiger partial charge >= 0.3 is 5.97 Å². The molecule has 0 fully saturated rings. The third-order valence-corrected chi connectivity index (χ3v) is 3.42. The smallest absolute Gasteiger partial charge is 0.305 e. The number of rotatable bonds is 4. The molecule has 1 heterocycles. The van der Waals surface area contributed by atoms with Crippen LogP contribution in [0.3, 0.4) is 0 Å². The molecule has 0 aliphatic heterocycles. The third kappa shape index (κ3) is 2.88. The molecule has 2 rings (SSSR count). The van der Waals surface area contributed by atoms with Crippen LogP contribution in [0.15, 0.2) is 6.07 Å². The zero-order chi connectivity index (χ0) is 12.3. The number of methoxy groups -OCH3 is 1. The van der Waals surface area contributed by atoms with Gasteiger partial charge in [-0.1, -0.05) is 0 Å². The second-order valence-electron chi connectivity index (χ2n) is 4.66. The van der Waals surface area contributed by atoms with Crippen molar-refractivity contribution in [2.45, 2.75) is 44.6 Å². The molecule has 94 valence electrons. The molecule has 0 amide bonds. The number of esters is 1. The van der Waals surface area contributed by atoms with Crippen molar-refractivity contribution in [3.63, 3.8) is 0 Å². The van der Waals surface area contributed by atoms with Crippen LogP contribution in [0, 0.1) is 0 Å². The van der Waals surface area contributed by atoms with E-state index in [2.05, 4.69) is 15.8 Å². The van der Waals surface area contributed by atoms with Crippen molar-refractivity contribution in [3.8, 4) is 0 Å². The molecule has 0 bridgehead atoms. The van der Waals surface area contributed by atoms with Gasteiger partial charge in [0.05, 0.1) is 7.11 Å². The number of hydrogen-bond donors (Lipinski definition) is 2. The van der Waals surface area contributed by atoms with E-state index in [-0.39, 0.29) is 12.0 Å². The SMILES string of the molecule is COC(=O)CCC(N)c1cc2c([nH]1)CCCC2. The largest absolute Gasteiger partial charge is 0.469 e. The molecule has 4 nitrogen and oxygen atoms in total. The van der Waals surface area contributed by atoms with E-state index in [1.54, 1.807) is 0 Å². The number of aromatic amines is 1. The Labute approximate surface area is 102 Å². The molecule has 17 heavy (non-hydrogen) atoms. The summed E-state index contributed by atoms with van der Waals surface area (Å²) in [6.07, 6.45) is 5.80. The summed E-state index contributed by atoms with van der Waals surface area (Å²) >= 11 is 0. The summed E-state index contributed by atoms with van der Waals surface area (Å²) in [7, 11) is 1.40. The van der Waals surface area contributed by atoms with Crippen LogP contribution in [-0.2, 0) is 22.4 Å². The summed E-state index contributed by atoms with van der Waals surface area (Å²) in [6, 6.07) is 2.07. The van der Waals surface area contributed by atoms with Crippen LogP contribution in [0.2, 0.25) is 0 Å². The van der Waals surface area contributed by atoms with Crippen molar-refractivity contribution < 1.29 is 9.53 Å². The molecular weight excluding hydrogens is 216 g/mol. The van der Waals surface area contributed by atoms with Crippen LogP contribution in [0.25, 0.3) is 0 Å². The highest BCUT2D eigenvalue weighted by atomic mass is 16.5. The number of hydrogen-bond acceptors (Lipinski definition) is 3. The summed E-state index contributed by atoms with van der Waals surface area (Å²) in [5.41, 5.74) is 9.86. The molecule has 0 spiro atoms. The molecule has 1 unspecified atom stereocenters. The number of ether oxygens (including phenoxy) is 1. The highest BCUT2D eigenvalue weighted by Crippen LogP contribution is 2.25. The normalized spacial score (nSPS) is 16.4. The Balaban J connectivity index is 1.96. The minimum atomic E-state index is -0.197. The number of carbonyl (C=O) groups is 1. The molecule has 1 atom stereocenters. The molecule has 1 aliphatic carbocycles. The maximum atomic E-state index is 11.1. The van der Waals surface area contributed by atoms with Gasteiger partial charge in [0, 0.05) is 23.9 Å². The van der Waals surface area contributed by atoms with E-state index in [1.807, 2.05) is 0 Å². The predicted molar refractivity (Wildman–Crippen MR) is 65.6 cm³/mol. The maximum absolute atomic E-state index is 11.1. The lowest BCUT2D eigenvalue weighted by molar-refractivity contribution is -0.140. The van der Waals surface area contributed by atoms with Crippen molar-refractivity contribution in [1.82, 2.24) is 4.98 Å². The predicted octanol–water partition coefficient (Wildman–Crippen LogP) is 1.85. The van der Waals surface area contributed by atoms with Gasteiger partial charge in [-0.3, -0.25) is 4.79 Å². The summed E-state index contributed by atoms with van der Waals surface area (Å²) in [5, 5.41) is 0. The number of aryl methyl sites for hydroxylation is 2. The fraction of sp³-hybridized carbons (Fsp3) is 0.615. The Morgan fingerprint density at radius 2 is 2.29 bits per heavy atom. The van der Waals surface area contributed by atoms with Crippen molar-refractivity contribution >= 4 is 5.97 Å². The molecule has 4 heteroatoms. The number of H-pyrrole nitrogens is 1. The highest BCUT2D eigenvalue weighted by Gasteiger charge is 2.16. The first-order valence-corrected chi connectivity index (χ1v) is 6.23. The van der Waals surface area contributed by atoms with Gasteiger partial charge in [0.15, 0.2) is 0 Å². The molecule has 0 saturated carbocycles. The average Bonchev–Trinajstić information content (AvgIpc) is 2.79. The van der Waals surface area contributed by atoms with E-state index < -0.39 is 0 Å². The van der Waals surface area contributed by atoms with Gasteiger partial charge in [-0.2, -0.15) is 0 Å². The number of carbonyl (C=O) groups excluding carboxylic acids is 1. The van der Waals surface area contributed by atoms with Crippen molar-refractivity contribution in [2.24, 2.45) is 5.73 Å². The van der Waals surface area contributed by atoms with E-state index in [0.29, 0.717) is 12.8 Å². The number of aromatic nitrogens is 1. The lowest BCUT2D eigenvalue weighted by Gasteiger charge is -2.09. The molecular formula is C13H20N2O2. The van der Waals surface area contributed by atoms with Gasteiger partial charge in [0.2, 0.25) is 0 Å². The highest BCUT2D eigenvalue weighted by molar-refractivity contribution is 5.69. The fourth-order valence-corrected chi connectivity index (χ4v) is 2.36. The maximum Gasteiger partial charge on any atom is 0.305 e. The third-order valence-electron chi connectivity index (χ3n) is 3.42. The average molecular weight is 236 g/mol. The first kappa shape index (κ1) is 12.2. The topological polar surface area (TPSA) is 68.1 Å². The van der Waals surface area contributed by atoms with Crippen LogP contribution in [-0.4, -0.2) is 18.1 Å². The van der Waals surface area contributed by atoms with Gasteiger partial charge in [-0.25, -0.2) is 0 Å². The lowest BCUT2D eigenvalue weighted by atomic mass is 9.98. The summed E-state index contributed by atoms with van der Waals surface area (Å²) < 4.78 is 4.61. The zero-order valence-electron chi connectivity index (χ0n) is 10.3. The molecule has 1 aliphatic rings. The van der Waals surface area contributed by atoms with E-state index >= 15 is 0 Å². The fourth-order valence-electron chi connectivity index (χ4n) is 2.36. The Morgan fingerprint density at radius 3 is 3.00 bits per heavy atom. The van der Waals surface area contributed by atoms with Crippen LogP contribution in [0.5, 0.6) is 0 Å². The monoisotopic (exact) mass is 236 g/mol. The van der Waals surface area contributed by atoms with Gasteiger partial charge < -0.3 is 15.5 Å². The van der Waals surface area contributed by atoms with E-state index in [0.717, 1.165) is 18.5 Å². The van der Waals surface area contributed by atoms with Gasteiger partial charge in [0.1, 0.15) is 0 Å². The summed E-state index contributed by atoms with van der Waals surface area (Å²) in [5.74, 6) is -0.197. The van der Waals surface area contributed by atoms with Gasteiger partial charge in [0.25, 0.3) is 0 Å². The van der Waals surface area contributed by atoms with Gasteiger partial charge in [-0.15, -0.1) is 0 Å². The second-order valence-corrected chi connectivity index (χ2v) is 4.66. The Morgan fingerprint density at radius 1 is 1.53 bits per heavy atom. The quantitative estimate of drug-likeness (QED) is 0.784. The van der Waals surface area contributed by atoms with Gasteiger partial charge in [-0.05, 0) is 43.7 Å². The number of fused-ring (bicyclic) bond motifs is 1. The second kappa shape index (κ2) is 5.36. The first-order valence-electron chi connectivity index (χ1n) is 6.23. The molecule has 1 aromatic rings. The first-order chi connectivity index (χ1) is 8.20. The Kier molecular flexibility index (Phi) is 3.84. The number of nitrogens with one attached hydrogen (secondary N) is 1. The van der Waals surface area contributed by atoms with Crippen molar-refractivity contribution in [1.29, 1.82) is 0 Å². The summed E-state index contributed by atoms with van der Waals surface area (Å²) in [4.78, 5) is 14.5. The molecule has 3 N–H and O–H groups in total. The molecule has 0 saturated heterocycles. The van der Waals surface area contributed by atoms with E-state index in [1.165, 1.54) is 31.2 Å². The van der Waals surface area contributed by atoms with Crippen molar-refractivity contribution in [2.75, 3.05) is 7.11 Å². The van der Waals surface area contributed by atoms with Crippen LogP contribution < -0.4 is 5.73 Å². The van der Waals surface area contributed by atoms with Crippen LogP contribution in [0.4, 0.5) is 0 Å².